The van der Waals surface area contributed by atoms with Gasteiger partial charge in [-0.3, -0.25) is 0 Å². The van der Waals surface area contributed by atoms with Crippen LogP contribution in [0.1, 0.15) is 11.3 Å². The Hall–Kier alpha value is -2.14. The van der Waals surface area contributed by atoms with Crippen LogP contribution in [-0.4, -0.2) is 14.8 Å². The molecule has 0 saturated heterocycles. The fraction of sp³-hybridized carbons (Fsp3) is 0.125. The van der Waals surface area contributed by atoms with E-state index in [0.29, 0.717) is 0 Å². The van der Waals surface area contributed by atoms with Gasteiger partial charge in [-0.2, -0.15) is 5.10 Å². The first-order valence-corrected chi connectivity index (χ1v) is 7.48. The molecule has 0 aliphatic rings. The predicted octanol–water partition coefficient (Wildman–Crippen LogP) is 3.95. The topological polar surface area (TPSA) is 42.7 Å². The van der Waals surface area contributed by atoms with Gasteiger partial charge in [-0.1, -0.05) is 12.1 Å². The highest BCUT2D eigenvalue weighted by Crippen LogP contribution is 2.17. The third kappa shape index (κ3) is 3.31. The van der Waals surface area contributed by atoms with Crippen molar-refractivity contribution in [3.63, 3.8) is 0 Å². The van der Waals surface area contributed by atoms with Crippen molar-refractivity contribution in [1.82, 2.24) is 14.8 Å². The number of nitrogens with one attached hydrogen (secondary N) is 1. The Kier molecular flexibility index (Phi) is 4.01. The standard InChI is InChI=1S/C16H15BrN4/c1-12-15(7-8-16(17)20-12)18-11-13-3-5-14(6-4-13)21-10-2-9-19-21/h2-10,18H,11H2,1H3. The van der Waals surface area contributed by atoms with Crippen LogP contribution in [0.15, 0.2) is 59.5 Å². The summed E-state index contributed by atoms with van der Waals surface area (Å²) in [7, 11) is 0. The highest BCUT2D eigenvalue weighted by atomic mass is 79.9. The molecule has 3 rings (SSSR count). The minimum Gasteiger partial charge on any atom is -0.380 e. The molecule has 0 amide bonds. The molecular formula is C16H15BrN4. The lowest BCUT2D eigenvalue weighted by Crippen LogP contribution is -2.02. The average molecular weight is 343 g/mol. The molecule has 21 heavy (non-hydrogen) atoms. The molecular weight excluding hydrogens is 328 g/mol. The number of benzene rings is 1. The molecule has 2 aromatic heterocycles. The van der Waals surface area contributed by atoms with Crippen LogP contribution >= 0.6 is 15.9 Å². The number of hydrogen-bond acceptors (Lipinski definition) is 3. The van der Waals surface area contributed by atoms with Crippen molar-refractivity contribution in [2.45, 2.75) is 13.5 Å². The van der Waals surface area contributed by atoms with Crippen molar-refractivity contribution in [3.05, 3.63) is 70.7 Å². The molecule has 0 bridgehead atoms. The Morgan fingerprint density at radius 1 is 1.14 bits per heavy atom. The van der Waals surface area contributed by atoms with Crippen molar-refractivity contribution in [2.24, 2.45) is 0 Å². The van der Waals surface area contributed by atoms with Gasteiger partial charge in [0, 0.05) is 18.9 Å². The predicted molar refractivity (Wildman–Crippen MR) is 87.6 cm³/mol. The lowest BCUT2D eigenvalue weighted by Gasteiger charge is -2.10. The first-order valence-electron chi connectivity index (χ1n) is 6.68. The molecule has 4 nitrogen and oxygen atoms in total. The summed E-state index contributed by atoms with van der Waals surface area (Å²) in [5.74, 6) is 0. The molecule has 0 radical (unpaired) electrons. The Morgan fingerprint density at radius 3 is 2.62 bits per heavy atom. The number of nitrogens with zero attached hydrogens (tertiary/aromatic N) is 3. The molecule has 0 aliphatic carbocycles. The van der Waals surface area contributed by atoms with E-state index in [0.717, 1.165) is 28.2 Å². The summed E-state index contributed by atoms with van der Waals surface area (Å²) in [6.45, 7) is 2.76. The van der Waals surface area contributed by atoms with Crippen molar-refractivity contribution in [3.8, 4) is 5.69 Å². The molecule has 0 fully saturated rings. The van der Waals surface area contributed by atoms with Gasteiger partial charge in [0.1, 0.15) is 4.60 Å². The number of halogens is 1. The maximum atomic E-state index is 4.38. The van der Waals surface area contributed by atoms with E-state index in [4.69, 9.17) is 0 Å². The van der Waals surface area contributed by atoms with Crippen LogP contribution in [0.5, 0.6) is 0 Å². The summed E-state index contributed by atoms with van der Waals surface area (Å²) in [4.78, 5) is 4.38. The maximum Gasteiger partial charge on any atom is 0.106 e. The van der Waals surface area contributed by atoms with E-state index in [1.165, 1.54) is 5.56 Å². The monoisotopic (exact) mass is 342 g/mol. The second-order valence-electron chi connectivity index (χ2n) is 4.74. The van der Waals surface area contributed by atoms with E-state index in [1.807, 2.05) is 36.0 Å². The zero-order valence-corrected chi connectivity index (χ0v) is 13.2. The van der Waals surface area contributed by atoms with Gasteiger partial charge in [0.2, 0.25) is 0 Å². The molecule has 5 heteroatoms. The SMILES string of the molecule is Cc1nc(Br)ccc1NCc1ccc(-n2cccn2)cc1. The van der Waals surface area contributed by atoms with Crippen molar-refractivity contribution < 1.29 is 0 Å². The molecule has 0 aliphatic heterocycles. The maximum absolute atomic E-state index is 4.38. The first kappa shape index (κ1) is 13.8. The molecule has 106 valence electrons. The normalized spacial score (nSPS) is 10.6. The zero-order valence-electron chi connectivity index (χ0n) is 11.6. The van der Waals surface area contributed by atoms with E-state index in [1.54, 1.807) is 6.20 Å². The van der Waals surface area contributed by atoms with Gasteiger partial charge in [-0.25, -0.2) is 9.67 Å². The number of anilines is 1. The molecule has 1 aromatic carbocycles. The summed E-state index contributed by atoms with van der Waals surface area (Å²) in [6, 6.07) is 14.2. The molecule has 3 aromatic rings. The summed E-state index contributed by atoms with van der Waals surface area (Å²) < 4.78 is 2.70. The van der Waals surface area contributed by atoms with Gasteiger partial charge < -0.3 is 5.32 Å². The zero-order chi connectivity index (χ0) is 14.7. The largest absolute Gasteiger partial charge is 0.380 e. The fourth-order valence-corrected chi connectivity index (χ4v) is 2.50. The quantitative estimate of drug-likeness (QED) is 0.730. The van der Waals surface area contributed by atoms with E-state index in [9.17, 15) is 0 Å². The fourth-order valence-electron chi connectivity index (χ4n) is 2.10. The number of hydrogen-bond donors (Lipinski definition) is 1. The van der Waals surface area contributed by atoms with Crippen LogP contribution in [0.2, 0.25) is 0 Å². The van der Waals surface area contributed by atoms with Crippen LogP contribution in [0.25, 0.3) is 5.69 Å². The highest BCUT2D eigenvalue weighted by molar-refractivity contribution is 9.10. The minimum atomic E-state index is 0.767. The van der Waals surface area contributed by atoms with Crippen LogP contribution < -0.4 is 5.32 Å². The molecule has 1 N–H and O–H groups in total. The summed E-state index contributed by atoms with van der Waals surface area (Å²) >= 11 is 3.37. The smallest absolute Gasteiger partial charge is 0.106 e. The van der Waals surface area contributed by atoms with Crippen LogP contribution in [-0.2, 0) is 6.54 Å². The van der Waals surface area contributed by atoms with Crippen LogP contribution in [0.4, 0.5) is 5.69 Å². The van der Waals surface area contributed by atoms with Gasteiger partial charge in [-0.15, -0.1) is 0 Å². The van der Waals surface area contributed by atoms with Gasteiger partial charge >= 0.3 is 0 Å². The van der Waals surface area contributed by atoms with Crippen LogP contribution in [0, 0.1) is 6.92 Å². The van der Waals surface area contributed by atoms with Crippen molar-refractivity contribution in [2.75, 3.05) is 5.32 Å². The highest BCUT2D eigenvalue weighted by Gasteiger charge is 2.01. The van der Waals surface area contributed by atoms with Gasteiger partial charge in [0.25, 0.3) is 0 Å². The second kappa shape index (κ2) is 6.10. The average Bonchev–Trinajstić information content (AvgIpc) is 3.01. The summed E-state index contributed by atoms with van der Waals surface area (Å²) in [5.41, 5.74) is 4.31. The number of pyridine rings is 1. The molecule has 0 saturated carbocycles. The molecule has 0 unspecified atom stereocenters. The summed E-state index contributed by atoms with van der Waals surface area (Å²) in [5, 5.41) is 7.62. The number of aryl methyl sites for hydroxylation is 1. The van der Waals surface area contributed by atoms with Gasteiger partial charge in [-0.05, 0) is 58.7 Å². The van der Waals surface area contributed by atoms with Gasteiger partial charge in [0.15, 0.2) is 0 Å². The molecule has 0 atom stereocenters. The van der Waals surface area contributed by atoms with Crippen LogP contribution in [0.3, 0.4) is 0 Å². The Bertz CT molecular complexity index is 721. The summed E-state index contributed by atoms with van der Waals surface area (Å²) in [6.07, 6.45) is 3.71. The van der Waals surface area contributed by atoms with E-state index >= 15 is 0 Å². The molecule has 2 heterocycles. The first-order chi connectivity index (χ1) is 10.2. The second-order valence-corrected chi connectivity index (χ2v) is 5.55. The van der Waals surface area contributed by atoms with E-state index < -0.39 is 0 Å². The number of aromatic nitrogens is 3. The number of rotatable bonds is 4. The molecule has 0 spiro atoms. The minimum absolute atomic E-state index is 0.767. The third-order valence-electron chi connectivity index (χ3n) is 3.24. The lowest BCUT2D eigenvalue weighted by molar-refractivity contribution is 0.879. The Morgan fingerprint density at radius 2 is 1.95 bits per heavy atom. The van der Waals surface area contributed by atoms with E-state index in [-0.39, 0.29) is 0 Å². The van der Waals surface area contributed by atoms with Gasteiger partial charge in [0.05, 0.1) is 17.1 Å². The lowest BCUT2D eigenvalue weighted by atomic mass is 10.2. The Balaban J connectivity index is 1.68. The van der Waals surface area contributed by atoms with E-state index in [2.05, 4.69) is 55.6 Å². The van der Waals surface area contributed by atoms with Crippen molar-refractivity contribution in [1.29, 1.82) is 0 Å². The van der Waals surface area contributed by atoms with Crippen molar-refractivity contribution >= 4 is 21.6 Å². The Labute approximate surface area is 132 Å². The third-order valence-corrected chi connectivity index (χ3v) is 3.68.